The van der Waals surface area contributed by atoms with E-state index in [1.54, 1.807) is 44.6 Å². The number of aliphatic imine (C=N–C) groups is 1. The Balaban J connectivity index is 1.90. The summed E-state index contributed by atoms with van der Waals surface area (Å²) < 4.78 is 10.5. The Kier molecular flexibility index (Phi) is 5.70. The molecule has 0 unspecified atom stereocenters. The number of benzene rings is 2. The highest BCUT2D eigenvalue weighted by atomic mass is 32.2. The van der Waals surface area contributed by atoms with Crippen LogP contribution in [0.4, 0.5) is 5.69 Å². The van der Waals surface area contributed by atoms with Gasteiger partial charge in [0.1, 0.15) is 11.5 Å². The van der Waals surface area contributed by atoms with Gasteiger partial charge in [-0.1, -0.05) is 6.07 Å². The number of carbonyl (C=O) groups is 2. The third kappa shape index (κ3) is 4.17. The summed E-state index contributed by atoms with van der Waals surface area (Å²) in [4.78, 5) is 28.3. The van der Waals surface area contributed by atoms with Gasteiger partial charge in [-0.25, -0.2) is 9.79 Å². The number of methoxy groups -OCH3 is 2. The lowest BCUT2D eigenvalue weighted by Crippen LogP contribution is -2.19. The molecule has 7 nitrogen and oxygen atoms in total. The maximum absolute atomic E-state index is 12.3. The second-order valence-electron chi connectivity index (χ2n) is 5.90. The number of carbonyl (C=O) groups excluding carboxylic acids is 1. The van der Waals surface area contributed by atoms with E-state index in [1.165, 1.54) is 23.9 Å². The van der Waals surface area contributed by atoms with E-state index in [4.69, 9.17) is 14.6 Å². The number of nitrogens with one attached hydrogen (secondary N) is 1. The van der Waals surface area contributed by atoms with Crippen LogP contribution in [-0.4, -0.2) is 36.4 Å². The van der Waals surface area contributed by atoms with Gasteiger partial charge in [0.25, 0.3) is 5.91 Å². The normalized spacial score (nSPS) is 16.3. The van der Waals surface area contributed by atoms with Crippen LogP contribution in [0.3, 0.4) is 0 Å². The lowest BCUT2D eigenvalue weighted by atomic mass is 10.1. The molecule has 0 radical (unpaired) electrons. The Bertz CT molecular complexity index is 1010. The zero-order valence-electron chi connectivity index (χ0n) is 15.5. The van der Waals surface area contributed by atoms with Crippen molar-refractivity contribution in [2.75, 3.05) is 14.2 Å². The quantitative estimate of drug-likeness (QED) is 0.747. The van der Waals surface area contributed by atoms with E-state index in [2.05, 4.69) is 10.3 Å². The molecule has 2 aromatic carbocycles. The van der Waals surface area contributed by atoms with Crippen LogP contribution in [0.25, 0.3) is 6.08 Å². The van der Waals surface area contributed by atoms with Crippen molar-refractivity contribution in [1.82, 2.24) is 5.32 Å². The van der Waals surface area contributed by atoms with Crippen LogP contribution in [0.2, 0.25) is 0 Å². The number of rotatable bonds is 5. The number of aryl methyl sites for hydroxylation is 1. The van der Waals surface area contributed by atoms with E-state index in [0.29, 0.717) is 27.3 Å². The maximum Gasteiger partial charge on any atom is 0.335 e. The molecule has 0 atom stereocenters. The fraction of sp³-hybridized carbons (Fsp3) is 0.150. The molecule has 3 rings (SSSR count). The Morgan fingerprint density at radius 3 is 2.64 bits per heavy atom. The second-order valence-corrected chi connectivity index (χ2v) is 6.93. The Labute approximate surface area is 166 Å². The van der Waals surface area contributed by atoms with Crippen LogP contribution in [0.1, 0.15) is 21.5 Å². The molecule has 0 aliphatic carbocycles. The zero-order valence-corrected chi connectivity index (χ0v) is 16.3. The highest BCUT2D eigenvalue weighted by molar-refractivity contribution is 8.18. The number of aromatic carboxylic acids is 1. The van der Waals surface area contributed by atoms with Gasteiger partial charge in [-0.05, 0) is 54.6 Å². The van der Waals surface area contributed by atoms with Crippen molar-refractivity contribution in [2.24, 2.45) is 4.99 Å². The molecule has 1 aliphatic heterocycles. The number of amidine groups is 1. The average molecular weight is 398 g/mol. The molecule has 1 saturated heterocycles. The Hall–Kier alpha value is -3.26. The molecule has 8 heteroatoms. The topological polar surface area (TPSA) is 97.2 Å². The first-order valence-electron chi connectivity index (χ1n) is 8.27. The summed E-state index contributed by atoms with van der Waals surface area (Å²) in [6.45, 7) is 1.82. The van der Waals surface area contributed by atoms with Crippen LogP contribution in [0.15, 0.2) is 46.3 Å². The van der Waals surface area contributed by atoms with Gasteiger partial charge in [0.2, 0.25) is 0 Å². The predicted octanol–water partition coefficient (Wildman–Crippen LogP) is 3.60. The van der Waals surface area contributed by atoms with Crippen LogP contribution in [0.5, 0.6) is 11.5 Å². The van der Waals surface area contributed by atoms with E-state index in [9.17, 15) is 9.59 Å². The molecule has 2 N–H and O–H groups in total. The molecule has 144 valence electrons. The number of carboxylic acids is 1. The smallest absolute Gasteiger partial charge is 0.335 e. The van der Waals surface area contributed by atoms with E-state index in [0.717, 1.165) is 11.1 Å². The molecule has 1 heterocycles. The number of hydrogen-bond acceptors (Lipinski definition) is 6. The van der Waals surface area contributed by atoms with Gasteiger partial charge in [0.15, 0.2) is 5.17 Å². The third-order valence-electron chi connectivity index (χ3n) is 4.06. The minimum atomic E-state index is -1.03. The molecule has 0 aromatic heterocycles. The highest BCUT2D eigenvalue weighted by Gasteiger charge is 2.24. The van der Waals surface area contributed by atoms with Gasteiger partial charge in [-0.15, -0.1) is 0 Å². The lowest BCUT2D eigenvalue weighted by Gasteiger charge is -2.07. The van der Waals surface area contributed by atoms with Crippen molar-refractivity contribution in [3.63, 3.8) is 0 Å². The summed E-state index contributed by atoms with van der Waals surface area (Å²) in [5.74, 6) is -0.0837. The van der Waals surface area contributed by atoms with E-state index in [-0.39, 0.29) is 11.5 Å². The summed E-state index contributed by atoms with van der Waals surface area (Å²) in [6.07, 6.45) is 1.71. The van der Waals surface area contributed by atoms with Crippen molar-refractivity contribution in [3.05, 3.63) is 58.0 Å². The van der Waals surface area contributed by atoms with Crippen molar-refractivity contribution in [2.45, 2.75) is 6.92 Å². The van der Waals surface area contributed by atoms with Crippen LogP contribution in [0, 0.1) is 6.92 Å². The van der Waals surface area contributed by atoms with Crippen LogP contribution >= 0.6 is 11.8 Å². The summed E-state index contributed by atoms with van der Waals surface area (Å²) in [5.41, 5.74) is 2.16. The SMILES string of the molecule is COc1ccc(C=C2SC(=Nc3cc(C(=O)O)ccc3C)NC2=O)c(OC)c1. The van der Waals surface area contributed by atoms with E-state index >= 15 is 0 Å². The molecule has 1 aliphatic rings. The minimum Gasteiger partial charge on any atom is -0.497 e. The zero-order chi connectivity index (χ0) is 20.3. The summed E-state index contributed by atoms with van der Waals surface area (Å²) in [6, 6.07) is 9.99. The van der Waals surface area contributed by atoms with Gasteiger partial charge in [0.05, 0.1) is 30.4 Å². The number of ether oxygens (including phenoxy) is 2. The Morgan fingerprint density at radius 2 is 1.96 bits per heavy atom. The molecule has 0 saturated carbocycles. The van der Waals surface area contributed by atoms with Crippen molar-refractivity contribution < 1.29 is 24.2 Å². The number of amides is 1. The summed E-state index contributed by atoms with van der Waals surface area (Å²) >= 11 is 1.18. The van der Waals surface area contributed by atoms with Crippen molar-refractivity contribution >= 4 is 40.6 Å². The molecule has 1 amide bonds. The standard InChI is InChI=1S/C20H18N2O5S/c1-11-4-5-13(19(24)25)8-15(11)21-20-22-18(23)17(28-20)9-12-6-7-14(26-2)10-16(12)27-3/h4-10H,1-3H3,(H,24,25)(H,21,22,23). The number of hydrogen-bond donors (Lipinski definition) is 2. The monoisotopic (exact) mass is 398 g/mol. The van der Waals surface area contributed by atoms with Gasteiger partial charge in [-0.3, -0.25) is 4.79 Å². The van der Waals surface area contributed by atoms with E-state index in [1.807, 2.05) is 6.92 Å². The van der Waals surface area contributed by atoms with Crippen molar-refractivity contribution in [3.8, 4) is 11.5 Å². The second kappa shape index (κ2) is 8.18. The maximum atomic E-state index is 12.3. The number of carboxylic acid groups (broad SMARTS) is 1. The van der Waals surface area contributed by atoms with Gasteiger partial charge >= 0.3 is 5.97 Å². The largest absolute Gasteiger partial charge is 0.497 e. The first kappa shape index (κ1) is 19.5. The highest BCUT2D eigenvalue weighted by Crippen LogP contribution is 2.33. The summed E-state index contributed by atoms with van der Waals surface area (Å²) in [7, 11) is 3.11. The van der Waals surface area contributed by atoms with Gasteiger partial charge in [0, 0.05) is 11.6 Å². The summed E-state index contributed by atoms with van der Waals surface area (Å²) in [5, 5.41) is 12.2. The fourth-order valence-electron chi connectivity index (χ4n) is 2.53. The average Bonchev–Trinajstić information content (AvgIpc) is 3.02. The Morgan fingerprint density at radius 1 is 1.18 bits per heavy atom. The molecule has 28 heavy (non-hydrogen) atoms. The number of thioether (sulfide) groups is 1. The molecule has 1 fully saturated rings. The number of nitrogens with zero attached hydrogens (tertiary/aromatic N) is 1. The van der Waals surface area contributed by atoms with Crippen LogP contribution in [-0.2, 0) is 4.79 Å². The first-order valence-corrected chi connectivity index (χ1v) is 9.08. The fourth-order valence-corrected chi connectivity index (χ4v) is 3.36. The molecular weight excluding hydrogens is 380 g/mol. The van der Waals surface area contributed by atoms with Crippen molar-refractivity contribution in [1.29, 1.82) is 0 Å². The van der Waals surface area contributed by atoms with E-state index < -0.39 is 5.97 Å². The first-order chi connectivity index (χ1) is 13.4. The molecule has 0 spiro atoms. The molecule has 2 aromatic rings. The minimum absolute atomic E-state index is 0.137. The molecular formula is C20H18N2O5S. The van der Waals surface area contributed by atoms with Gasteiger partial charge in [-0.2, -0.15) is 0 Å². The molecule has 0 bridgehead atoms. The van der Waals surface area contributed by atoms with Gasteiger partial charge < -0.3 is 19.9 Å². The lowest BCUT2D eigenvalue weighted by molar-refractivity contribution is -0.115. The third-order valence-corrected chi connectivity index (χ3v) is 4.97. The van der Waals surface area contributed by atoms with Crippen LogP contribution < -0.4 is 14.8 Å². The predicted molar refractivity (Wildman–Crippen MR) is 108 cm³/mol.